The molecule has 0 fully saturated rings. The van der Waals surface area contributed by atoms with Gasteiger partial charge in [0, 0.05) is 34.7 Å². The summed E-state index contributed by atoms with van der Waals surface area (Å²) in [5, 5.41) is 0.757. The number of aromatic nitrogens is 3. The van der Waals surface area contributed by atoms with Gasteiger partial charge in [-0.2, -0.15) is 0 Å². The van der Waals surface area contributed by atoms with Gasteiger partial charge in [-0.3, -0.25) is 4.98 Å². The van der Waals surface area contributed by atoms with E-state index in [0.29, 0.717) is 0 Å². The summed E-state index contributed by atoms with van der Waals surface area (Å²) in [5.74, 6) is 0.907. The lowest BCUT2D eigenvalue weighted by molar-refractivity contribution is 1.20. The number of pyridine rings is 1. The Balaban J connectivity index is 1.76. The Kier molecular flexibility index (Phi) is 4.15. The van der Waals surface area contributed by atoms with Crippen molar-refractivity contribution in [2.75, 3.05) is 0 Å². The van der Waals surface area contributed by atoms with E-state index in [-0.39, 0.29) is 0 Å². The van der Waals surface area contributed by atoms with Crippen molar-refractivity contribution in [2.45, 2.75) is 6.42 Å². The second-order valence-electron chi connectivity index (χ2n) is 5.44. The number of halogens is 1. The first-order valence-electron chi connectivity index (χ1n) is 7.57. The number of benzene rings is 1. The molecule has 3 heterocycles. The maximum Gasteiger partial charge on any atom is 0.147 e. The van der Waals surface area contributed by atoms with Crippen LogP contribution in [0.5, 0.6) is 0 Å². The Labute approximate surface area is 149 Å². The van der Waals surface area contributed by atoms with Gasteiger partial charge >= 0.3 is 0 Å². The van der Waals surface area contributed by atoms with E-state index in [1.54, 1.807) is 17.5 Å². The van der Waals surface area contributed by atoms with E-state index in [0.717, 1.165) is 17.3 Å². The van der Waals surface area contributed by atoms with Gasteiger partial charge in [0.25, 0.3) is 0 Å². The van der Waals surface area contributed by atoms with E-state index >= 15 is 0 Å². The fourth-order valence-electron chi connectivity index (χ4n) is 2.63. The minimum Gasteiger partial charge on any atom is -0.344 e. The Morgan fingerprint density at radius 2 is 1.79 bits per heavy atom. The zero-order chi connectivity index (χ0) is 16.4. The molecule has 0 unspecified atom stereocenters. The quantitative estimate of drug-likeness (QED) is 0.531. The molecule has 0 atom stereocenters. The largest absolute Gasteiger partial charge is 0.344 e. The van der Waals surface area contributed by atoms with Crippen LogP contribution in [-0.4, -0.2) is 15.0 Å². The molecule has 1 aromatic carbocycles. The van der Waals surface area contributed by atoms with Crippen LogP contribution in [0.1, 0.15) is 11.1 Å². The van der Waals surface area contributed by atoms with Crippen LogP contribution in [0.3, 0.4) is 0 Å². The third-order valence-corrected chi connectivity index (χ3v) is 5.28. The van der Waals surface area contributed by atoms with Gasteiger partial charge in [-0.15, -0.1) is 11.3 Å². The number of nitrogens with zero attached hydrogens (tertiary/aromatic N) is 2. The van der Waals surface area contributed by atoms with Crippen molar-refractivity contribution in [1.82, 2.24) is 15.0 Å². The number of hydrogen-bond acceptors (Lipinski definition) is 3. The van der Waals surface area contributed by atoms with Crippen LogP contribution in [0.2, 0.25) is 5.02 Å². The standard InChI is InChI=1S/C19H14ClN3S/c20-16-3-1-13(2-4-16)11-15-12-17(14-5-7-21-8-6-14)24-18(15)19-22-9-10-23-19/h1-10,12H,11H2,(H,22,23). The zero-order valence-electron chi connectivity index (χ0n) is 12.7. The molecule has 5 heteroatoms. The average molecular weight is 352 g/mol. The molecule has 0 aliphatic rings. The van der Waals surface area contributed by atoms with Crippen molar-refractivity contribution in [3.63, 3.8) is 0 Å². The highest BCUT2D eigenvalue weighted by Crippen LogP contribution is 2.37. The summed E-state index contributed by atoms with van der Waals surface area (Å²) in [6.45, 7) is 0. The Morgan fingerprint density at radius 1 is 1.00 bits per heavy atom. The van der Waals surface area contributed by atoms with E-state index in [2.05, 4.69) is 33.2 Å². The van der Waals surface area contributed by atoms with E-state index in [1.807, 2.05) is 42.9 Å². The third kappa shape index (κ3) is 3.11. The van der Waals surface area contributed by atoms with E-state index in [1.165, 1.54) is 26.4 Å². The Bertz CT molecular complexity index is 929. The minimum atomic E-state index is 0.757. The fraction of sp³-hybridized carbons (Fsp3) is 0.0526. The first-order valence-corrected chi connectivity index (χ1v) is 8.76. The number of rotatable bonds is 4. The van der Waals surface area contributed by atoms with Crippen molar-refractivity contribution in [1.29, 1.82) is 0 Å². The van der Waals surface area contributed by atoms with Gasteiger partial charge in [0.05, 0.1) is 4.88 Å². The van der Waals surface area contributed by atoms with E-state index in [4.69, 9.17) is 11.6 Å². The first-order chi connectivity index (χ1) is 11.8. The highest BCUT2D eigenvalue weighted by atomic mass is 35.5. The van der Waals surface area contributed by atoms with Crippen LogP contribution in [-0.2, 0) is 6.42 Å². The normalized spacial score (nSPS) is 10.9. The number of aromatic amines is 1. The molecular formula is C19H14ClN3S. The molecule has 118 valence electrons. The van der Waals surface area contributed by atoms with Crippen LogP contribution < -0.4 is 0 Å². The summed E-state index contributed by atoms with van der Waals surface area (Å²) in [5.41, 5.74) is 3.65. The average Bonchev–Trinajstić information content (AvgIpc) is 3.27. The summed E-state index contributed by atoms with van der Waals surface area (Å²) < 4.78 is 0. The third-order valence-electron chi connectivity index (χ3n) is 3.79. The smallest absolute Gasteiger partial charge is 0.147 e. The zero-order valence-corrected chi connectivity index (χ0v) is 14.3. The summed E-state index contributed by atoms with van der Waals surface area (Å²) in [7, 11) is 0. The van der Waals surface area contributed by atoms with Crippen LogP contribution in [0.15, 0.2) is 67.3 Å². The fourth-order valence-corrected chi connectivity index (χ4v) is 3.90. The van der Waals surface area contributed by atoms with Gasteiger partial charge in [-0.25, -0.2) is 4.98 Å². The lowest BCUT2D eigenvalue weighted by Crippen LogP contribution is -1.89. The van der Waals surface area contributed by atoms with Crippen molar-refractivity contribution in [2.24, 2.45) is 0 Å². The molecule has 0 bridgehead atoms. The predicted octanol–water partition coefficient (Wildman–Crippen LogP) is 5.44. The van der Waals surface area contributed by atoms with Gasteiger partial charge in [-0.1, -0.05) is 23.7 Å². The topological polar surface area (TPSA) is 41.6 Å². The second-order valence-corrected chi connectivity index (χ2v) is 6.93. The molecular weight excluding hydrogens is 338 g/mol. The molecule has 0 amide bonds. The number of hydrogen-bond donors (Lipinski definition) is 1. The molecule has 0 radical (unpaired) electrons. The highest BCUT2D eigenvalue weighted by Gasteiger charge is 2.14. The number of nitrogens with one attached hydrogen (secondary N) is 1. The summed E-state index contributed by atoms with van der Waals surface area (Å²) in [6.07, 6.45) is 8.12. The van der Waals surface area contributed by atoms with Crippen molar-refractivity contribution < 1.29 is 0 Å². The second kappa shape index (κ2) is 6.59. The number of thiophene rings is 1. The molecule has 0 saturated carbocycles. The molecule has 0 aliphatic carbocycles. The maximum absolute atomic E-state index is 5.99. The molecule has 4 aromatic rings. The lowest BCUT2D eigenvalue weighted by Gasteiger charge is -2.02. The van der Waals surface area contributed by atoms with Gasteiger partial charge < -0.3 is 4.98 Å². The first kappa shape index (κ1) is 15.1. The molecule has 0 saturated heterocycles. The van der Waals surface area contributed by atoms with Crippen LogP contribution >= 0.6 is 22.9 Å². The minimum absolute atomic E-state index is 0.757. The van der Waals surface area contributed by atoms with Gasteiger partial charge in [0.15, 0.2) is 0 Å². The maximum atomic E-state index is 5.99. The predicted molar refractivity (Wildman–Crippen MR) is 99.4 cm³/mol. The SMILES string of the molecule is Clc1ccc(Cc2cc(-c3ccncc3)sc2-c2ncc[nH]2)cc1. The van der Waals surface area contributed by atoms with E-state index in [9.17, 15) is 0 Å². The van der Waals surface area contributed by atoms with Gasteiger partial charge in [-0.05, 0) is 53.4 Å². The monoisotopic (exact) mass is 351 g/mol. The van der Waals surface area contributed by atoms with Crippen molar-refractivity contribution in [3.8, 4) is 21.1 Å². The van der Waals surface area contributed by atoms with Gasteiger partial charge in [0.1, 0.15) is 5.82 Å². The Morgan fingerprint density at radius 3 is 2.50 bits per heavy atom. The number of imidazole rings is 1. The van der Waals surface area contributed by atoms with Crippen LogP contribution in [0.4, 0.5) is 0 Å². The molecule has 24 heavy (non-hydrogen) atoms. The Hall–Kier alpha value is -2.43. The van der Waals surface area contributed by atoms with Crippen molar-refractivity contribution >= 4 is 22.9 Å². The van der Waals surface area contributed by atoms with E-state index < -0.39 is 0 Å². The summed E-state index contributed by atoms with van der Waals surface area (Å²) in [4.78, 5) is 14.1. The molecule has 0 aliphatic heterocycles. The number of H-pyrrole nitrogens is 1. The van der Waals surface area contributed by atoms with Crippen molar-refractivity contribution in [3.05, 3.63) is 83.4 Å². The molecule has 3 nitrogen and oxygen atoms in total. The summed E-state index contributed by atoms with van der Waals surface area (Å²) >= 11 is 7.74. The van der Waals surface area contributed by atoms with Crippen LogP contribution in [0.25, 0.3) is 21.1 Å². The highest BCUT2D eigenvalue weighted by molar-refractivity contribution is 7.19. The molecule has 4 rings (SSSR count). The van der Waals surface area contributed by atoms with Crippen LogP contribution in [0, 0.1) is 0 Å². The molecule has 3 aromatic heterocycles. The molecule has 0 spiro atoms. The lowest BCUT2D eigenvalue weighted by atomic mass is 10.0. The summed E-state index contributed by atoms with van der Waals surface area (Å²) in [6, 6.07) is 14.3. The molecule has 1 N–H and O–H groups in total. The van der Waals surface area contributed by atoms with Gasteiger partial charge in [0.2, 0.25) is 0 Å².